The second-order valence-corrected chi connectivity index (χ2v) is 6.55. The molecule has 3 heterocycles. The van der Waals surface area contributed by atoms with Crippen LogP contribution >= 0.6 is 11.3 Å². The molecule has 0 aliphatic heterocycles. The normalized spacial score (nSPS) is 10.7. The molecule has 0 saturated carbocycles. The highest BCUT2D eigenvalue weighted by Gasteiger charge is 2.07. The maximum Gasteiger partial charge on any atom is 0.266 e. The summed E-state index contributed by atoms with van der Waals surface area (Å²) in [4.78, 5) is 40.6. The Morgan fingerprint density at radius 3 is 2.81 bits per heavy atom. The molecule has 0 saturated heterocycles. The van der Waals surface area contributed by atoms with Gasteiger partial charge in [-0.15, -0.1) is 11.3 Å². The van der Waals surface area contributed by atoms with Crippen LogP contribution in [0.4, 0.5) is 0 Å². The Hall–Kier alpha value is -3.07. The molecule has 3 aromatic heterocycles. The number of nitrogens with one attached hydrogen (secondary N) is 1. The molecule has 0 unspecified atom stereocenters. The highest BCUT2D eigenvalue weighted by atomic mass is 32.1. The fourth-order valence-corrected chi connectivity index (χ4v) is 3.00. The number of carbonyl (C=O) groups excluding carboxylic acids is 1. The number of carbonyl (C=O) groups is 1. The van der Waals surface area contributed by atoms with E-state index >= 15 is 0 Å². The lowest BCUT2D eigenvalue weighted by Gasteiger charge is -2.09. The summed E-state index contributed by atoms with van der Waals surface area (Å²) in [6.45, 7) is 2.06. The van der Waals surface area contributed by atoms with Crippen LogP contribution in [0.3, 0.4) is 0 Å². The molecule has 3 rings (SSSR count). The van der Waals surface area contributed by atoms with Gasteiger partial charge in [0.05, 0.1) is 17.7 Å². The van der Waals surface area contributed by atoms with Crippen LogP contribution in [0.2, 0.25) is 0 Å². The van der Waals surface area contributed by atoms with Gasteiger partial charge in [0.2, 0.25) is 5.91 Å². The zero-order valence-corrected chi connectivity index (χ0v) is 14.9. The van der Waals surface area contributed by atoms with Gasteiger partial charge in [0, 0.05) is 24.4 Å². The number of hydrogen-bond donors (Lipinski definition) is 1. The molecule has 1 N–H and O–H groups in total. The van der Waals surface area contributed by atoms with Gasteiger partial charge in [0.25, 0.3) is 11.1 Å². The predicted octanol–water partition coefficient (Wildman–Crippen LogP) is 0.653. The molecular formula is C17H17N5O3S. The molecule has 0 aromatic carbocycles. The van der Waals surface area contributed by atoms with Gasteiger partial charge in [0.1, 0.15) is 12.2 Å². The summed E-state index contributed by atoms with van der Waals surface area (Å²) in [5.74, 6) is -0.333. The van der Waals surface area contributed by atoms with Crippen molar-refractivity contribution in [3.8, 4) is 10.6 Å². The zero-order chi connectivity index (χ0) is 18.5. The largest absolute Gasteiger partial charge is 0.353 e. The van der Waals surface area contributed by atoms with E-state index in [1.54, 1.807) is 13.0 Å². The Kier molecular flexibility index (Phi) is 5.37. The van der Waals surface area contributed by atoms with E-state index in [1.807, 2.05) is 17.5 Å². The molecule has 26 heavy (non-hydrogen) atoms. The molecule has 8 nitrogen and oxygen atoms in total. The van der Waals surface area contributed by atoms with E-state index in [4.69, 9.17) is 0 Å². The van der Waals surface area contributed by atoms with Gasteiger partial charge in [-0.2, -0.15) is 5.10 Å². The number of aryl methyl sites for hydroxylation is 1. The van der Waals surface area contributed by atoms with Crippen LogP contribution in [0, 0.1) is 6.92 Å². The molecule has 9 heteroatoms. The third-order valence-electron chi connectivity index (χ3n) is 3.62. The van der Waals surface area contributed by atoms with Crippen molar-refractivity contribution in [1.82, 2.24) is 24.6 Å². The van der Waals surface area contributed by atoms with Crippen molar-refractivity contribution in [1.29, 1.82) is 0 Å². The summed E-state index contributed by atoms with van der Waals surface area (Å²) in [7, 11) is 0. The van der Waals surface area contributed by atoms with Crippen LogP contribution in [0.5, 0.6) is 0 Å². The summed E-state index contributed by atoms with van der Waals surface area (Å²) in [6.07, 6.45) is 1.34. The number of hydrogen-bond acceptors (Lipinski definition) is 6. The minimum Gasteiger partial charge on any atom is -0.353 e. The van der Waals surface area contributed by atoms with Crippen LogP contribution in [0.1, 0.15) is 5.69 Å². The van der Waals surface area contributed by atoms with Gasteiger partial charge in [-0.05, 0) is 24.4 Å². The monoisotopic (exact) mass is 371 g/mol. The highest BCUT2D eigenvalue weighted by molar-refractivity contribution is 7.13. The lowest BCUT2D eigenvalue weighted by Crippen LogP contribution is -2.35. The summed E-state index contributed by atoms with van der Waals surface area (Å²) in [5.41, 5.74) is 0.790. The molecule has 134 valence electrons. The first-order chi connectivity index (χ1) is 12.5. The molecule has 0 spiro atoms. The van der Waals surface area contributed by atoms with Gasteiger partial charge in [-0.25, -0.2) is 9.67 Å². The Morgan fingerprint density at radius 1 is 1.23 bits per heavy atom. The number of thiophene rings is 1. The van der Waals surface area contributed by atoms with Crippen molar-refractivity contribution in [2.45, 2.75) is 20.0 Å². The van der Waals surface area contributed by atoms with Crippen molar-refractivity contribution < 1.29 is 4.79 Å². The molecule has 0 bridgehead atoms. The van der Waals surface area contributed by atoms with Crippen molar-refractivity contribution in [3.05, 3.63) is 68.4 Å². The SMILES string of the molecule is Cc1cc(=O)n(CC(=O)NCCn2nc(-c3cccs3)ccc2=O)cn1. The zero-order valence-electron chi connectivity index (χ0n) is 14.1. The first kappa shape index (κ1) is 17.7. The lowest BCUT2D eigenvalue weighted by atomic mass is 10.3. The average Bonchev–Trinajstić information content (AvgIpc) is 3.14. The third-order valence-corrected chi connectivity index (χ3v) is 4.51. The highest BCUT2D eigenvalue weighted by Crippen LogP contribution is 2.20. The fraction of sp³-hybridized carbons (Fsp3) is 0.235. The Labute approximate surface area is 152 Å². The van der Waals surface area contributed by atoms with Crippen LogP contribution in [0.15, 0.2) is 51.6 Å². The Bertz CT molecular complexity index is 1020. The molecule has 0 aliphatic carbocycles. The van der Waals surface area contributed by atoms with Crippen LogP contribution in [-0.4, -0.2) is 31.8 Å². The summed E-state index contributed by atoms with van der Waals surface area (Å²) < 4.78 is 2.54. The molecule has 3 aromatic rings. The van der Waals surface area contributed by atoms with E-state index < -0.39 is 0 Å². The summed E-state index contributed by atoms with van der Waals surface area (Å²) in [6, 6.07) is 8.35. The fourth-order valence-electron chi connectivity index (χ4n) is 2.31. The predicted molar refractivity (Wildman–Crippen MR) is 98.1 cm³/mol. The maximum absolute atomic E-state index is 12.0. The van der Waals surface area contributed by atoms with Crippen LogP contribution < -0.4 is 16.4 Å². The molecule has 1 amide bonds. The van der Waals surface area contributed by atoms with E-state index in [0.717, 1.165) is 4.88 Å². The quantitative estimate of drug-likeness (QED) is 0.686. The van der Waals surface area contributed by atoms with E-state index in [0.29, 0.717) is 11.4 Å². The first-order valence-electron chi connectivity index (χ1n) is 7.95. The minimum absolute atomic E-state index is 0.121. The summed E-state index contributed by atoms with van der Waals surface area (Å²) >= 11 is 1.54. The topological polar surface area (TPSA) is 98.9 Å². The van der Waals surface area contributed by atoms with Crippen molar-refractivity contribution >= 4 is 17.2 Å². The second kappa shape index (κ2) is 7.87. The number of rotatable bonds is 6. The van der Waals surface area contributed by atoms with Gasteiger partial charge in [-0.3, -0.25) is 19.0 Å². The minimum atomic E-state index is -0.333. The number of aromatic nitrogens is 4. The van der Waals surface area contributed by atoms with Gasteiger partial charge in [-0.1, -0.05) is 6.07 Å². The van der Waals surface area contributed by atoms with E-state index in [9.17, 15) is 14.4 Å². The van der Waals surface area contributed by atoms with Crippen molar-refractivity contribution in [3.63, 3.8) is 0 Å². The molecule has 0 fully saturated rings. The smallest absolute Gasteiger partial charge is 0.266 e. The third kappa shape index (κ3) is 4.31. The molecule has 0 aliphatic rings. The standard InChI is InChI=1S/C17H17N5O3S/c1-12-9-17(25)21(11-19-12)10-15(23)18-6-7-22-16(24)5-4-13(20-22)14-3-2-8-26-14/h2-5,8-9,11H,6-7,10H2,1H3,(H,18,23). The number of amides is 1. The van der Waals surface area contributed by atoms with Crippen molar-refractivity contribution in [2.75, 3.05) is 6.54 Å². The van der Waals surface area contributed by atoms with Gasteiger partial charge < -0.3 is 5.32 Å². The lowest BCUT2D eigenvalue weighted by molar-refractivity contribution is -0.121. The molecule has 0 atom stereocenters. The second-order valence-electron chi connectivity index (χ2n) is 5.60. The van der Waals surface area contributed by atoms with Crippen LogP contribution in [0.25, 0.3) is 10.6 Å². The first-order valence-corrected chi connectivity index (χ1v) is 8.83. The Morgan fingerprint density at radius 2 is 2.08 bits per heavy atom. The molecule has 0 radical (unpaired) electrons. The average molecular weight is 371 g/mol. The van der Waals surface area contributed by atoms with Crippen molar-refractivity contribution in [2.24, 2.45) is 0 Å². The number of nitrogens with zero attached hydrogens (tertiary/aromatic N) is 4. The van der Waals surface area contributed by atoms with E-state index in [-0.39, 0.29) is 36.7 Å². The Balaban J connectivity index is 1.59. The maximum atomic E-state index is 12.0. The molecular weight excluding hydrogens is 354 g/mol. The van der Waals surface area contributed by atoms with Crippen LogP contribution in [-0.2, 0) is 17.9 Å². The van der Waals surface area contributed by atoms with Gasteiger partial charge >= 0.3 is 0 Å². The van der Waals surface area contributed by atoms with E-state index in [1.165, 1.54) is 39.0 Å². The van der Waals surface area contributed by atoms with E-state index in [2.05, 4.69) is 15.4 Å². The van der Waals surface area contributed by atoms with Gasteiger partial charge in [0.15, 0.2) is 0 Å². The summed E-state index contributed by atoms with van der Waals surface area (Å²) in [5, 5.41) is 8.94.